The Kier molecular flexibility index (Phi) is 5.73. The van der Waals surface area contributed by atoms with Gasteiger partial charge in [0.2, 0.25) is 5.91 Å². The van der Waals surface area contributed by atoms with Crippen LogP contribution in [0.15, 0.2) is 40.3 Å². The van der Waals surface area contributed by atoms with E-state index in [0.717, 1.165) is 29.4 Å². The van der Waals surface area contributed by atoms with Crippen molar-refractivity contribution in [2.75, 3.05) is 17.7 Å². The summed E-state index contributed by atoms with van der Waals surface area (Å²) in [7, 11) is 0. The molecule has 7 heteroatoms. The topological polar surface area (TPSA) is 60.1 Å². The smallest absolute Gasteiger partial charge is 0.278 e. The lowest BCUT2D eigenvalue weighted by Crippen LogP contribution is -2.38. The minimum Gasteiger partial charge on any atom is -0.330 e. The summed E-state index contributed by atoms with van der Waals surface area (Å²) >= 11 is 1.48. The van der Waals surface area contributed by atoms with E-state index < -0.39 is 0 Å². The molecule has 0 radical (unpaired) electrons. The Morgan fingerprint density at radius 1 is 1.23 bits per heavy atom. The first-order valence-corrected chi connectivity index (χ1v) is 11.7. The van der Waals surface area contributed by atoms with Crippen LogP contribution in [0.2, 0.25) is 0 Å². The number of nitrogens with zero attached hydrogens (tertiary/aromatic N) is 4. The number of carbonyl (C=O) groups is 1. The second kappa shape index (κ2) is 8.30. The average molecular weight is 425 g/mol. The van der Waals surface area contributed by atoms with E-state index in [4.69, 9.17) is 4.98 Å². The highest BCUT2D eigenvalue weighted by molar-refractivity contribution is 7.98. The number of aromatic nitrogens is 3. The van der Waals surface area contributed by atoms with E-state index in [9.17, 15) is 9.59 Å². The normalized spacial score (nSPS) is 13.8. The molecule has 0 atom stereocenters. The molecule has 3 heterocycles. The van der Waals surface area contributed by atoms with Crippen LogP contribution in [0.3, 0.4) is 0 Å². The Labute approximate surface area is 180 Å². The molecule has 0 saturated heterocycles. The molecule has 0 N–H and O–H groups in total. The molecule has 0 saturated carbocycles. The summed E-state index contributed by atoms with van der Waals surface area (Å²) in [4.78, 5) is 33.3. The molecule has 1 aliphatic rings. The third-order valence-corrected chi connectivity index (χ3v) is 6.29. The SMILES string of the molecule is CSc1nc2cc(C)n(CC(=O)N3CCCc4ccccc43)c2c(=O)n1CC(C)C. The number of thioether (sulfide) groups is 1. The molecular formula is C23H28N4O2S. The summed E-state index contributed by atoms with van der Waals surface area (Å²) in [6, 6.07) is 9.99. The van der Waals surface area contributed by atoms with Crippen molar-refractivity contribution in [3.8, 4) is 0 Å². The molecule has 6 nitrogen and oxygen atoms in total. The summed E-state index contributed by atoms with van der Waals surface area (Å²) in [6.45, 7) is 7.56. The fourth-order valence-electron chi connectivity index (χ4n) is 4.25. The van der Waals surface area contributed by atoms with E-state index in [1.54, 1.807) is 4.57 Å². The number of hydrogen-bond acceptors (Lipinski definition) is 4. The van der Waals surface area contributed by atoms with E-state index in [0.29, 0.717) is 30.0 Å². The van der Waals surface area contributed by atoms with Gasteiger partial charge in [0.15, 0.2) is 5.16 Å². The maximum absolute atomic E-state index is 13.4. The van der Waals surface area contributed by atoms with Crippen LogP contribution in [0.1, 0.15) is 31.5 Å². The van der Waals surface area contributed by atoms with Crippen molar-refractivity contribution >= 4 is 34.4 Å². The standard InChI is InChI=1S/C23H28N4O2S/c1-15(2)13-27-22(29)21-18(24-23(27)30-4)12-16(3)26(21)14-20(28)25-11-7-9-17-8-5-6-10-19(17)25/h5-6,8,10,12,15H,7,9,11,13-14H2,1-4H3. The van der Waals surface area contributed by atoms with E-state index in [1.807, 2.05) is 46.9 Å². The van der Waals surface area contributed by atoms with Gasteiger partial charge < -0.3 is 9.47 Å². The summed E-state index contributed by atoms with van der Waals surface area (Å²) < 4.78 is 3.58. The molecule has 4 rings (SSSR count). The number of hydrogen-bond donors (Lipinski definition) is 0. The van der Waals surface area contributed by atoms with Gasteiger partial charge in [0.25, 0.3) is 5.56 Å². The molecular weight excluding hydrogens is 396 g/mol. The van der Waals surface area contributed by atoms with E-state index >= 15 is 0 Å². The van der Waals surface area contributed by atoms with Gasteiger partial charge >= 0.3 is 0 Å². The van der Waals surface area contributed by atoms with Gasteiger partial charge in [-0.1, -0.05) is 43.8 Å². The number of aryl methyl sites for hydroxylation is 2. The van der Waals surface area contributed by atoms with Gasteiger partial charge in [-0.3, -0.25) is 14.2 Å². The van der Waals surface area contributed by atoms with Crippen LogP contribution in [0.25, 0.3) is 11.0 Å². The third kappa shape index (κ3) is 3.67. The third-order valence-electron chi connectivity index (χ3n) is 5.61. The highest BCUT2D eigenvalue weighted by Crippen LogP contribution is 2.27. The number of carbonyl (C=O) groups excluding carboxylic acids is 1. The maximum Gasteiger partial charge on any atom is 0.278 e. The Hall–Kier alpha value is -2.54. The van der Waals surface area contributed by atoms with Crippen molar-refractivity contribution in [2.24, 2.45) is 5.92 Å². The number of anilines is 1. The highest BCUT2D eigenvalue weighted by atomic mass is 32.2. The lowest BCUT2D eigenvalue weighted by atomic mass is 10.0. The van der Waals surface area contributed by atoms with Crippen molar-refractivity contribution in [1.29, 1.82) is 0 Å². The average Bonchev–Trinajstić information content (AvgIpc) is 3.04. The predicted octanol–water partition coefficient (Wildman–Crippen LogP) is 3.86. The highest BCUT2D eigenvalue weighted by Gasteiger charge is 2.24. The lowest BCUT2D eigenvalue weighted by Gasteiger charge is -2.29. The Morgan fingerprint density at radius 3 is 2.73 bits per heavy atom. The van der Waals surface area contributed by atoms with Gasteiger partial charge in [0.05, 0.1) is 5.52 Å². The quantitative estimate of drug-likeness (QED) is 0.461. The van der Waals surface area contributed by atoms with Crippen LogP contribution in [0.4, 0.5) is 5.69 Å². The van der Waals surface area contributed by atoms with Crippen LogP contribution >= 0.6 is 11.8 Å². The van der Waals surface area contributed by atoms with Crippen LogP contribution in [0, 0.1) is 12.8 Å². The first-order valence-electron chi connectivity index (χ1n) is 10.4. The molecule has 0 unspecified atom stereocenters. The summed E-state index contributed by atoms with van der Waals surface area (Å²) in [6.07, 6.45) is 3.88. The van der Waals surface area contributed by atoms with E-state index in [1.165, 1.54) is 17.3 Å². The second-order valence-electron chi connectivity index (χ2n) is 8.29. The van der Waals surface area contributed by atoms with Gasteiger partial charge in [-0.05, 0) is 49.6 Å². The minimum atomic E-state index is -0.0713. The van der Waals surface area contributed by atoms with Crippen molar-refractivity contribution in [1.82, 2.24) is 14.1 Å². The second-order valence-corrected chi connectivity index (χ2v) is 9.06. The number of fused-ring (bicyclic) bond motifs is 2. The Morgan fingerprint density at radius 2 is 2.00 bits per heavy atom. The first-order chi connectivity index (χ1) is 14.4. The number of para-hydroxylation sites is 1. The number of rotatable bonds is 5. The van der Waals surface area contributed by atoms with Gasteiger partial charge in [-0.25, -0.2) is 4.98 Å². The van der Waals surface area contributed by atoms with Crippen LogP contribution in [-0.2, 0) is 24.3 Å². The Bertz CT molecular complexity index is 1160. The molecule has 3 aromatic rings. The molecule has 0 bridgehead atoms. The molecule has 0 spiro atoms. The minimum absolute atomic E-state index is 0.00602. The predicted molar refractivity (Wildman–Crippen MR) is 122 cm³/mol. The van der Waals surface area contributed by atoms with Gasteiger partial charge in [-0.2, -0.15) is 0 Å². The van der Waals surface area contributed by atoms with Crippen LogP contribution < -0.4 is 10.5 Å². The zero-order valence-electron chi connectivity index (χ0n) is 18.0. The van der Waals surface area contributed by atoms with Gasteiger partial charge in [-0.15, -0.1) is 0 Å². The van der Waals surface area contributed by atoms with Crippen LogP contribution in [-0.4, -0.2) is 32.8 Å². The maximum atomic E-state index is 13.4. The number of benzene rings is 1. The van der Waals surface area contributed by atoms with Crippen molar-refractivity contribution in [3.05, 3.63) is 51.9 Å². The number of amides is 1. The molecule has 30 heavy (non-hydrogen) atoms. The zero-order chi connectivity index (χ0) is 21.4. The van der Waals surface area contributed by atoms with Crippen molar-refractivity contribution in [2.45, 2.75) is 51.9 Å². The molecule has 2 aromatic heterocycles. The van der Waals surface area contributed by atoms with Crippen molar-refractivity contribution < 1.29 is 4.79 Å². The zero-order valence-corrected chi connectivity index (χ0v) is 18.8. The fourth-order valence-corrected chi connectivity index (χ4v) is 4.81. The van der Waals surface area contributed by atoms with Gasteiger partial charge in [0, 0.05) is 24.5 Å². The first kappa shape index (κ1) is 20.7. The molecule has 1 aliphatic heterocycles. The Balaban J connectivity index is 1.76. The lowest BCUT2D eigenvalue weighted by molar-refractivity contribution is -0.119. The van der Waals surface area contributed by atoms with E-state index in [2.05, 4.69) is 19.9 Å². The summed E-state index contributed by atoms with van der Waals surface area (Å²) in [5, 5.41) is 0.717. The molecule has 1 aromatic carbocycles. The molecule has 0 fully saturated rings. The van der Waals surface area contributed by atoms with Crippen LogP contribution in [0.5, 0.6) is 0 Å². The molecule has 1 amide bonds. The van der Waals surface area contributed by atoms with E-state index in [-0.39, 0.29) is 18.0 Å². The van der Waals surface area contributed by atoms with Gasteiger partial charge in [0.1, 0.15) is 12.1 Å². The monoisotopic (exact) mass is 424 g/mol. The largest absolute Gasteiger partial charge is 0.330 e. The fraction of sp³-hybridized carbons (Fsp3) is 0.435. The summed E-state index contributed by atoms with van der Waals surface area (Å²) in [5.41, 5.74) is 4.18. The molecule has 158 valence electrons. The molecule has 0 aliphatic carbocycles. The van der Waals surface area contributed by atoms with Crippen molar-refractivity contribution in [3.63, 3.8) is 0 Å². The summed E-state index contributed by atoms with van der Waals surface area (Å²) in [5.74, 6) is 0.329.